The van der Waals surface area contributed by atoms with E-state index < -0.39 is 0 Å². The number of hydrogen-bond acceptors (Lipinski definition) is 4. The Morgan fingerprint density at radius 2 is 2.06 bits per heavy atom. The average Bonchev–Trinajstić information content (AvgIpc) is 2.37. The van der Waals surface area contributed by atoms with E-state index in [0.29, 0.717) is 24.1 Å². The van der Waals surface area contributed by atoms with Crippen molar-refractivity contribution >= 4 is 17.5 Å². The van der Waals surface area contributed by atoms with Crippen LogP contribution in [0.4, 0.5) is 5.95 Å². The van der Waals surface area contributed by atoms with Crippen molar-refractivity contribution in [2.24, 2.45) is 0 Å². The summed E-state index contributed by atoms with van der Waals surface area (Å²) < 4.78 is 5.59. The van der Waals surface area contributed by atoms with E-state index in [1.807, 2.05) is 31.2 Å². The maximum Gasteiger partial charge on any atom is 0.222 e. The number of aryl methyl sites for hydroxylation is 1. The minimum atomic E-state index is 0.525. The maximum absolute atomic E-state index is 5.69. The van der Waals surface area contributed by atoms with Crippen LogP contribution in [0.1, 0.15) is 5.56 Å². The lowest BCUT2D eigenvalue weighted by Crippen LogP contribution is -2.13. The maximum atomic E-state index is 5.69. The third-order valence-electron chi connectivity index (χ3n) is 2.26. The zero-order chi connectivity index (χ0) is 12.8. The van der Waals surface area contributed by atoms with Crippen LogP contribution in [0.15, 0.2) is 36.7 Å². The highest BCUT2D eigenvalue weighted by Crippen LogP contribution is 2.12. The Morgan fingerprint density at radius 1 is 1.28 bits per heavy atom. The molecule has 2 aromatic rings. The molecular weight excluding hydrogens is 250 g/mol. The zero-order valence-electron chi connectivity index (χ0n) is 10.1. The van der Waals surface area contributed by atoms with E-state index in [2.05, 4.69) is 15.3 Å². The molecular formula is C13H14ClN3O. The molecule has 0 radical (unpaired) electrons. The van der Waals surface area contributed by atoms with Crippen molar-refractivity contribution in [2.45, 2.75) is 6.92 Å². The Morgan fingerprint density at radius 3 is 2.78 bits per heavy atom. The molecule has 0 aliphatic heterocycles. The van der Waals surface area contributed by atoms with Gasteiger partial charge in [-0.1, -0.05) is 23.7 Å². The first kappa shape index (κ1) is 12.6. The summed E-state index contributed by atoms with van der Waals surface area (Å²) in [6, 6.07) is 7.94. The molecule has 0 atom stereocenters. The first-order chi connectivity index (χ1) is 8.74. The number of benzene rings is 1. The van der Waals surface area contributed by atoms with E-state index in [1.54, 1.807) is 12.4 Å². The fourth-order valence-corrected chi connectivity index (χ4v) is 1.54. The lowest BCUT2D eigenvalue weighted by Gasteiger charge is -2.07. The van der Waals surface area contributed by atoms with Gasteiger partial charge >= 0.3 is 0 Å². The standard InChI is InChI=1S/C13H14ClN3O/c1-10-3-2-4-12(7-10)18-6-5-15-13-16-8-11(14)9-17-13/h2-4,7-9H,5-6H2,1H3,(H,15,16,17). The molecule has 0 bridgehead atoms. The highest BCUT2D eigenvalue weighted by molar-refractivity contribution is 6.30. The van der Waals surface area contributed by atoms with Gasteiger partial charge in [0.2, 0.25) is 5.95 Å². The number of halogens is 1. The number of rotatable bonds is 5. The van der Waals surface area contributed by atoms with Gasteiger partial charge in [0.25, 0.3) is 0 Å². The Bertz CT molecular complexity index is 502. The van der Waals surface area contributed by atoms with Crippen molar-refractivity contribution in [2.75, 3.05) is 18.5 Å². The van der Waals surface area contributed by atoms with Crippen LogP contribution in [0.2, 0.25) is 5.02 Å². The van der Waals surface area contributed by atoms with Gasteiger partial charge < -0.3 is 10.1 Å². The molecule has 0 unspecified atom stereocenters. The number of hydrogen-bond donors (Lipinski definition) is 1. The molecule has 1 aromatic carbocycles. The van der Waals surface area contributed by atoms with Crippen molar-refractivity contribution in [1.29, 1.82) is 0 Å². The quantitative estimate of drug-likeness (QED) is 0.843. The molecule has 2 rings (SSSR count). The minimum Gasteiger partial charge on any atom is -0.492 e. The molecule has 1 aromatic heterocycles. The Kier molecular flexibility index (Phi) is 4.36. The van der Waals surface area contributed by atoms with E-state index in [9.17, 15) is 0 Å². The highest BCUT2D eigenvalue weighted by Gasteiger charge is 1.96. The van der Waals surface area contributed by atoms with Crippen LogP contribution in [-0.2, 0) is 0 Å². The van der Waals surface area contributed by atoms with Gasteiger partial charge in [-0.25, -0.2) is 9.97 Å². The average molecular weight is 264 g/mol. The number of anilines is 1. The third-order valence-corrected chi connectivity index (χ3v) is 2.46. The van der Waals surface area contributed by atoms with E-state index in [-0.39, 0.29) is 0 Å². The van der Waals surface area contributed by atoms with Gasteiger partial charge in [0.05, 0.1) is 24.0 Å². The van der Waals surface area contributed by atoms with E-state index >= 15 is 0 Å². The number of aromatic nitrogens is 2. The summed E-state index contributed by atoms with van der Waals surface area (Å²) >= 11 is 5.69. The topological polar surface area (TPSA) is 47.0 Å². The van der Waals surface area contributed by atoms with E-state index in [1.165, 1.54) is 5.56 Å². The Labute approximate surface area is 111 Å². The lowest BCUT2D eigenvalue weighted by atomic mass is 10.2. The highest BCUT2D eigenvalue weighted by atomic mass is 35.5. The summed E-state index contributed by atoms with van der Waals surface area (Å²) in [7, 11) is 0. The molecule has 0 saturated heterocycles. The molecule has 18 heavy (non-hydrogen) atoms. The molecule has 4 nitrogen and oxygen atoms in total. The molecule has 1 heterocycles. The molecule has 0 amide bonds. The first-order valence-electron chi connectivity index (χ1n) is 5.65. The second-order valence-electron chi connectivity index (χ2n) is 3.82. The summed E-state index contributed by atoms with van der Waals surface area (Å²) in [5.41, 5.74) is 1.18. The van der Waals surface area contributed by atoms with Crippen LogP contribution in [0.25, 0.3) is 0 Å². The van der Waals surface area contributed by atoms with Gasteiger partial charge in [-0.05, 0) is 24.6 Å². The summed E-state index contributed by atoms with van der Waals surface area (Å²) in [6.45, 7) is 3.22. The Hall–Kier alpha value is -1.81. The summed E-state index contributed by atoms with van der Waals surface area (Å²) in [6.07, 6.45) is 3.11. The second kappa shape index (κ2) is 6.21. The van der Waals surface area contributed by atoms with Gasteiger partial charge in [-0.15, -0.1) is 0 Å². The molecule has 1 N–H and O–H groups in total. The molecule has 0 saturated carbocycles. The molecule has 94 valence electrons. The van der Waals surface area contributed by atoms with E-state index in [0.717, 1.165) is 5.75 Å². The summed E-state index contributed by atoms with van der Waals surface area (Å²) in [5.74, 6) is 1.42. The zero-order valence-corrected chi connectivity index (χ0v) is 10.8. The predicted octanol–water partition coefficient (Wildman–Crippen LogP) is 2.93. The fourth-order valence-electron chi connectivity index (χ4n) is 1.44. The number of nitrogens with zero attached hydrogens (tertiary/aromatic N) is 2. The predicted molar refractivity (Wildman–Crippen MR) is 72.2 cm³/mol. The van der Waals surface area contributed by atoms with Crippen LogP contribution < -0.4 is 10.1 Å². The van der Waals surface area contributed by atoms with E-state index in [4.69, 9.17) is 16.3 Å². The fraction of sp³-hybridized carbons (Fsp3) is 0.231. The number of ether oxygens (including phenoxy) is 1. The second-order valence-corrected chi connectivity index (χ2v) is 4.25. The number of nitrogens with one attached hydrogen (secondary N) is 1. The lowest BCUT2D eigenvalue weighted by molar-refractivity contribution is 0.332. The largest absolute Gasteiger partial charge is 0.492 e. The van der Waals surface area contributed by atoms with Crippen LogP contribution in [0, 0.1) is 6.92 Å². The normalized spacial score (nSPS) is 10.1. The molecule has 0 aliphatic carbocycles. The third kappa shape index (κ3) is 3.89. The SMILES string of the molecule is Cc1cccc(OCCNc2ncc(Cl)cn2)c1. The van der Waals surface area contributed by atoms with Gasteiger partial charge in [-0.2, -0.15) is 0 Å². The van der Waals surface area contributed by atoms with Crippen LogP contribution in [-0.4, -0.2) is 23.1 Å². The van der Waals surface area contributed by atoms with Crippen molar-refractivity contribution in [1.82, 2.24) is 9.97 Å². The minimum absolute atomic E-state index is 0.525. The molecule has 0 aliphatic rings. The van der Waals surface area contributed by atoms with Crippen LogP contribution in [0.5, 0.6) is 5.75 Å². The van der Waals surface area contributed by atoms with Crippen molar-refractivity contribution < 1.29 is 4.74 Å². The van der Waals surface area contributed by atoms with Crippen molar-refractivity contribution in [3.63, 3.8) is 0 Å². The van der Waals surface area contributed by atoms with Crippen LogP contribution in [0.3, 0.4) is 0 Å². The summed E-state index contributed by atoms with van der Waals surface area (Å²) in [5, 5.41) is 3.58. The molecule has 0 spiro atoms. The molecule has 0 fully saturated rings. The smallest absolute Gasteiger partial charge is 0.222 e. The van der Waals surface area contributed by atoms with Crippen molar-refractivity contribution in [3.8, 4) is 5.75 Å². The van der Waals surface area contributed by atoms with Crippen molar-refractivity contribution in [3.05, 3.63) is 47.2 Å². The van der Waals surface area contributed by atoms with Gasteiger partial charge in [0.1, 0.15) is 12.4 Å². The van der Waals surface area contributed by atoms with Crippen LogP contribution >= 0.6 is 11.6 Å². The van der Waals surface area contributed by atoms with Gasteiger partial charge in [0.15, 0.2) is 0 Å². The summed E-state index contributed by atoms with van der Waals surface area (Å²) in [4.78, 5) is 8.05. The monoisotopic (exact) mass is 263 g/mol. The first-order valence-corrected chi connectivity index (χ1v) is 6.03. The van der Waals surface area contributed by atoms with Gasteiger partial charge in [0, 0.05) is 0 Å². The Balaban J connectivity index is 1.74. The molecule has 5 heteroatoms. The van der Waals surface area contributed by atoms with Gasteiger partial charge in [-0.3, -0.25) is 0 Å².